The molecule has 0 aromatic heterocycles. The first-order chi connectivity index (χ1) is 9.85. The Morgan fingerprint density at radius 3 is 2.32 bits per heavy atom. The predicted molar refractivity (Wildman–Crippen MR) is 92.7 cm³/mol. The smallest absolute Gasteiger partial charge is 0.342 e. The molecular weight excluding hydrogens is 342 g/mol. The summed E-state index contributed by atoms with van der Waals surface area (Å²) < 4.78 is 6.28. The first-order valence-corrected chi connectivity index (χ1v) is 11.9. The van der Waals surface area contributed by atoms with Crippen molar-refractivity contribution in [2.75, 3.05) is 6.26 Å². The minimum Gasteiger partial charge on any atom is -0.479 e. The fourth-order valence-electron chi connectivity index (χ4n) is 2.28. The van der Waals surface area contributed by atoms with Crippen LogP contribution < -0.4 is 0 Å². The molecule has 1 amide bonds. The molecule has 0 saturated carbocycles. The Kier molecular flexibility index (Phi) is 6.04. The summed E-state index contributed by atoms with van der Waals surface area (Å²) in [4.78, 5) is 24.6. The van der Waals surface area contributed by atoms with Crippen LogP contribution in [0.5, 0.6) is 0 Å². The van der Waals surface area contributed by atoms with Crippen LogP contribution in [0.15, 0.2) is 0 Å². The van der Waals surface area contributed by atoms with Gasteiger partial charge in [-0.15, -0.1) is 11.8 Å². The molecule has 1 heterocycles. The van der Waals surface area contributed by atoms with Gasteiger partial charge in [-0.25, -0.2) is 4.79 Å². The minimum atomic E-state index is -1.99. The normalized spacial score (nSPS) is 25.6. The standard InChI is InChI=1S/C14H26ClNO4SSi/c1-8(20-22(6,7)14(2,3)4)9-11(17)16(12(9)21-5)10(15)13(18)19/h8-10,12H,1-7H3,(H,18,19). The predicted octanol–water partition coefficient (Wildman–Crippen LogP) is 3.19. The Hall–Kier alpha value is -0.243. The molecule has 0 aromatic rings. The molecule has 8 heteroatoms. The van der Waals surface area contributed by atoms with Crippen LogP contribution in [0.25, 0.3) is 0 Å². The number of carbonyl (C=O) groups excluding carboxylic acids is 1. The molecule has 1 N–H and O–H groups in total. The monoisotopic (exact) mass is 367 g/mol. The Bertz CT molecular complexity index is 455. The molecule has 0 bridgehead atoms. The van der Waals surface area contributed by atoms with E-state index in [1.54, 1.807) is 0 Å². The maximum absolute atomic E-state index is 12.4. The number of aliphatic carboxylic acids is 1. The summed E-state index contributed by atoms with van der Waals surface area (Å²) in [6.45, 7) is 12.6. The van der Waals surface area contributed by atoms with Crippen molar-refractivity contribution >= 4 is 43.6 Å². The van der Waals surface area contributed by atoms with Crippen LogP contribution in [-0.2, 0) is 14.0 Å². The lowest BCUT2D eigenvalue weighted by Gasteiger charge is -2.51. The third kappa shape index (κ3) is 3.63. The highest BCUT2D eigenvalue weighted by Crippen LogP contribution is 2.43. The Labute approximate surface area is 142 Å². The molecule has 1 saturated heterocycles. The van der Waals surface area contributed by atoms with Crippen molar-refractivity contribution in [3.05, 3.63) is 0 Å². The Morgan fingerprint density at radius 2 is 1.95 bits per heavy atom. The topological polar surface area (TPSA) is 66.8 Å². The largest absolute Gasteiger partial charge is 0.479 e. The van der Waals surface area contributed by atoms with E-state index in [9.17, 15) is 9.59 Å². The molecule has 1 fully saturated rings. The van der Waals surface area contributed by atoms with Crippen LogP contribution in [0.3, 0.4) is 0 Å². The summed E-state index contributed by atoms with van der Waals surface area (Å²) in [6, 6.07) is 0. The summed E-state index contributed by atoms with van der Waals surface area (Å²) in [7, 11) is -1.99. The van der Waals surface area contributed by atoms with Crippen molar-refractivity contribution in [3.63, 3.8) is 0 Å². The zero-order valence-electron chi connectivity index (χ0n) is 14.2. The van der Waals surface area contributed by atoms with Gasteiger partial charge in [-0.05, 0) is 31.3 Å². The van der Waals surface area contributed by atoms with Crippen molar-refractivity contribution < 1.29 is 19.1 Å². The van der Waals surface area contributed by atoms with E-state index in [0.717, 1.165) is 0 Å². The van der Waals surface area contributed by atoms with Gasteiger partial charge in [0.2, 0.25) is 11.4 Å². The summed E-state index contributed by atoms with van der Waals surface area (Å²) in [6.07, 6.45) is 1.60. The molecule has 1 aliphatic rings. The summed E-state index contributed by atoms with van der Waals surface area (Å²) in [5.74, 6) is -1.79. The van der Waals surface area contributed by atoms with Crippen LogP contribution in [0, 0.1) is 5.92 Å². The van der Waals surface area contributed by atoms with Gasteiger partial charge in [-0.3, -0.25) is 4.79 Å². The fourth-order valence-corrected chi connectivity index (χ4v) is 5.08. The number of nitrogens with zero attached hydrogens (tertiary/aromatic N) is 1. The molecule has 0 spiro atoms. The van der Waals surface area contributed by atoms with E-state index < -0.39 is 19.8 Å². The average Bonchev–Trinajstić information content (AvgIpc) is 2.33. The van der Waals surface area contributed by atoms with Gasteiger partial charge >= 0.3 is 5.97 Å². The van der Waals surface area contributed by atoms with Crippen LogP contribution in [0.4, 0.5) is 0 Å². The van der Waals surface area contributed by atoms with Gasteiger partial charge in [0.05, 0.1) is 17.4 Å². The average molecular weight is 368 g/mol. The molecule has 22 heavy (non-hydrogen) atoms. The Morgan fingerprint density at radius 1 is 1.45 bits per heavy atom. The lowest BCUT2D eigenvalue weighted by atomic mass is 9.93. The number of halogens is 1. The Balaban J connectivity index is 2.86. The zero-order chi connectivity index (χ0) is 17.5. The van der Waals surface area contributed by atoms with E-state index in [-0.39, 0.29) is 28.3 Å². The number of carboxylic acids is 1. The summed E-state index contributed by atoms with van der Waals surface area (Å²) >= 11 is 7.25. The zero-order valence-corrected chi connectivity index (χ0v) is 16.8. The lowest BCUT2D eigenvalue weighted by Crippen LogP contribution is -2.67. The fraction of sp³-hybridized carbons (Fsp3) is 0.857. The number of amides is 1. The molecular formula is C14H26ClNO4SSi. The van der Waals surface area contributed by atoms with Crippen LogP contribution >= 0.6 is 23.4 Å². The first-order valence-electron chi connectivity index (χ1n) is 7.25. The maximum atomic E-state index is 12.4. The number of carbonyl (C=O) groups is 2. The molecule has 4 unspecified atom stereocenters. The van der Waals surface area contributed by atoms with Gasteiger partial charge in [0.25, 0.3) is 0 Å². The number of alkyl halides is 1. The molecule has 1 aliphatic heterocycles. The van der Waals surface area contributed by atoms with Gasteiger partial charge < -0.3 is 14.4 Å². The van der Waals surface area contributed by atoms with E-state index in [1.807, 2.05) is 13.2 Å². The van der Waals surface area contributed by atoms with Gasteiger partial charge in [-0.1, -0.05) is 32.4 Å². The van der Waals surface area contributed by atoms with Gasteiger partial charge in [0, 0.05) is 0 Å². The van der Waals surface area contributed by atoms with Crippen LogP contribution in [0.2, 0.25) is 18.1 Å². The quantitative estimate of drug-likeness (QED) is 0.338. The van der Waals surface area contributed by atoms with Crippen molar-refractivity contribution in [1.82, 2.24) is 4.90 Å². The maximum Gasteiger partial charge on any atom is 0.342 e. The number of β-lactam (4-membered cyclic amide) rings is 1. The number of rotatable bonds is 6. The highest BCUT2D eigenvalue weighted by Gasteiger charge is 2.55. The van der Waals surface area contributed by atoms with Crippen molar-refractivity contribution in [2.24, 2.45) is 5.92 Å². The van der Waals surface area contributed by atoms with Gasteiger partial charge in [0.1, 0.15) is 0 Å². The second-order valence-electron chi connectivity index (χ2n) is 7.15. The second-order valence-corrected chi connectivity index (χ2v) is 13.3. The molecule has 0 radical (unpaired) electrons. The molecule has 4 atom stereocenters. The van der Waals surface area contributed by atoms with Gasteiger partial charge in [0.15, 0.2) is 8.32 Å². The molecule has 128 valence electrons. The van der Waals surface area contributed by atoms with E-state index in [1.165, 1.54) is 16.7 Å². The molecule has 0 aromatic carbocycles. The second kappa shape index (κ2) is 6.71. The number of thioether (sulfide) groups is 1. The van der Waals surface area contributed by atoms with Crippen molar-refractivity contribution in [1.29, 1.82) is 0 Å². The molecule has 1 rings (SSSR count). The number of hydrogen-bond donors (Lipinski definition) is 1. The molecule has 0 aliphatic carbocycles. The summed E-state index contributed by atoms with van der Waals surface area (Å²) in [5.41, 5.74) is -1.32. The lowest BCUT2D eigenvalue weighted by molar-refractivity contribution is -0.164. The van der Waals surface area contributed by atoms with Crippen molar-refractivity contribution in [3.8, 4) is 0 Å². The molecule has 5 nitrogen and oxygen atoms in total. The third-order valence-corrected chi connectivity index (χ3v) is 10.6. The third-order valence-electron chi connectivity index (χ3n) is 4.60. The van der Waals surface area contributed by atoms with E-state index in [0.29, 0.717) is 0 Å². The SMILES string of the molecule is CSC1C(C(C)O[Si](C)(C)C(C)(C)C)C(=O)N1C(Cl)C(=O)O. The van der Waals surface area contributed by atoms with Crippen molar-refractivity contribution in [2.45, 2.75) is 62.8 Å². The number of likely N-dealkylation sites (tertiary alicyclic amines) is 1. The number of hydrogen-bond acceptors (Lipinski definition) is 4. The highest BCUT2D eigenvalue weighted by atomic mass is 35.5. The van der Waals surface area contributed by atoms with Gasteiger partial charge in [-0.2, -0.15) is 0 Å². The van der Waals surface area contributed by atoms with E-state index >= 15 is 0 Å². The highest BCUT2D eigenvalue weighted by molar-refractivity contribution is 7.99. The summed E-state index contributed by atoms with van der Waals surface area (Å²) in [5, 5.41) is 8.80. The van der Waals surface area contributed by atoms with Crippen LogP contribution in [0.1, 0.15) is 27.7 Å². The first kappa shape index (κ1) is 19.8. The van der Waals surface area contributed by atoms with Crippen LogP contribution in [-0.4, -0.2) is 53.4 Å². The van der Waals surface area contributed by atoms with E-state index in [4.69, 9.17) is 21.1 Å². The number of carboxylic acid groups (broad SMARTS) is 1. The minimum absolute atomic E-state index is 0.0542. The van der Waals surface area contributed by atoms with E-state index in [2.05, 4.69) is 33.9 Å².